The van der Waals surface area contributed by atoms with E-state index in [1.54, 1.807) is 0 Å². The molecule has 0 heterocycles. The molecule has 3 heteroatoms. The number of Topliss-reactive ketones (excluding diaryl/α,β-unsaturated/α-hetero) is 1. The van der Waals surface area contributed by atoms with Gasteiger partial charge in [-0.15, -0.1) is 0 Å². The minimum atomic E-state index is -0.369. The molecule has 0 radical (unpaired) electrons. The summed E-state index contributed by atoms with van der Waals surface area (Å²) in [7, 11) is 0. The predicted octanol–water partition coefficient (Wildman–Crippen LogP) is 1.76. The Hall–Kier alpha value is -0.860. The average Bonchev–Trinajstić information content (AvgIpc) is 2.68. The molecule has 0 aliphatic heterocycles. The zero-order chi connectivity index (χ0) is 11.9. The van der Waals surface area contributed by atoms with Crippen molar-refractivity contribution in [3.63, 3.8) is 0 Å². The number of ketones is 1. The van der Waals surface area contributed by atoms with Gasteiger partial charge in [0.15, 0.2) is 5.78 Å². The molecule has 0 aromatic carbocycles. The van der Waals surface area contributed by atoms with Crippen molar-refractivity contribution in [1.29, 1.82) is 0 Å². The van der Waals surface area contributed by atoms with E-state index >= 15 is 0 Å². The Morgan fingerprint density at radius 1 is 1.33 bits per heavy atom. The van der Waals surface area contributed by atoms with Crippen LogP contribution in [0, 0.1) is 16.7 Å². The largest absolute Gasteiger partial charge is 0.349 e. The minimum absolute atomic E-state index is 0.0256. The summed E-state index contributed by atoms with van der Waals surface area (Å²) in [6.07, 6.45) is 0.933. The molecule has 3 nitrogen and oxygen atoms in total. The van der Waals surface area contributed by atoms with Crippen molar-refractivity contribution in [2.75, 3.05) is 6.54 Å². The molecule has 86 valence electrons. The number of hydrogen-bond donors (Lipinski definition) is 1. The van der Waals surface area contributed by atoms with Gasteiger partial charge in [0.1, 0.15) is 0 Å². The Labute approximate surface area is 91.6 Å². The molecule has 1 rings (SSSR count). The van der Waals surface area contributed by atoms with Gasteiger partial charge in [0.25, 0.3) is 0 Å². The summed E-state index contributed by atoms with van der Waals surface area (Å²) in [6, 6.07) is 0. The number of carbonyl (C=O) groups is 2. The van der Waals surface area contributed by atoms with Gasteiger partial charge in [-0.1, -0.05) is 34.6 Å². The number of carbonyl (C=O) groups excluding carboxylic acids is 2. The summed E-state index contributed by atoms with van der Waals surface area (Å²) in [5.74, 6) is 0.206. The van der Waals surface area contributed by atoms with Gasteiger partial charge in [-0.3, -0.25) is 9.59 Å². The first-order chi connectivity index (χ1) is 6.64. The van der Waals surface area contributed by atoms with Crippen LogP contribution < -0.4 is 5.32 Å². The van der Waals surface area contributed by atoms with Crippen LogP contribution >= 0.6 is 0 Å². The maximum Gasteiger partial charge on any atom is 0.224 e. The molecule has 1 N–H and O–H groups in total. The molecular weight excluding hydrogens is 190 g/mol. The van der Waals surface area contributed by atoms with Crippen molar-refractivity contribution in [3.8, 4) is 0 Å². The van der Waals surface area contributed by atoms with Gasteiger partial charge in [0, 0.05) is 11.3 Å². The maximum atomic E-state index is 11.6. The molecule has 1 saturated carbocycles. The van der Waals surface area contributed by atoms with Crippen LogP contribution in [0.4, 0.5) is 0 Å². The predicted molar refractivity (Wildman–Crippen MR) is 59.4 cm³/mol. The van der Waals surface area contributed by atoms with Crippen LogP contribution in [0.25, 0.3) is 0 Å². The molecule has 0 saturated heterocycles. The second-order valence-electron chi connectivity index (χ2n) is 6.14. The van der Waals surface area contributed by atoms with Crippen LogP contribution in [0.2, 0.25) is 0 Å². The van der Waals surface area contributed by atoms with Crippen molar-refractivity contribution in [2.24, 2.45) is 16.7 Å². The topological polar surface area (TPSA) is 46.2 Å². The Kier molecular flexibility index (Phi) is 2.94. The fourth-order valence-corrected chi connectivity index (χ4v) is 1.47. The van der Waals surface area contributed by atoms with Crippen molar-refractivity contribution in [2.45, 2.75) is 41.0 Å². The first kappa shape index (κ1) is 12.2. The lowest BCUT2D eigenvalue weighted by atomic mass is 9.91. The smallest absolute Gasteiger partial charge is 0.224 e. The number of hydrogen-bond acceptors (Lipinski definition) is 2. The van der Waals surface area contributed by atoms with E-state index in [9.17, 15) is 9.59 Å². The summed E-state index contributed by atoms with van der Waals surface area (Å²) < 4.78 is 0. The zero-order valence-electron chi connectivity index (χ0n) is 10.3. The van der Waals surface area contributed by atoms with Gasteiger partial charge in [0.2, 0.25) is 5.91 Å². The second kappa shape index (κ2) is 3.62. The van der Waals surface area contributed by atoms with Crippen LogP contribution in [0.5, 0.6) is 0 Å². The SMILES string of the molecule is CC(C)(C)C(=O)CNC(=O)C1CC1(C)C. The molecule has 1 amide bonds. The normalized spacial score (nSPS) is 23.4. The Bertz CT molecular complexity index is 286. The van der Waals surface area contributed by atoms with Gasteiger partial charge in [-0.05, 0) is 11.8 Å². The van der Waals surface area contributed by atoms with E-state index in [0.29, 0.717) is 0 Å². The lowest BCUT2D eigenvalue weighted by molar-refractivity contribution is -0.129. The summed E-state index contributed by atoms with van der Waals surface area (Å²) in [6.45, 7) is 9.90. The highest BCUT2D eigenvalue weighted by Crippen LogP contribution is 2.51. The monoisotopic (exact) mass is 211 g/mol. The van der Waals surface area contributed by atoms with Crippen LogP contribution in [0.3, 0.4) is 0 Å². The van der Waals surface area contributed by atoms with E-state index in [1.807, 2.05) is 20.8 Å². The van der Waals surface area contributed by atoms with Crippen molar-refractivity contribution in [1.82, 2.24) is 5.32 Å². The number of rotatable bonds is 3. The molecular formula is C12H21NO2. The van der Waals surface area contributed by atoms with Crippen molar-refractivity contribution >= 4 is 11.7 Å². The third kappa shape index (κ3) is 3.05. The molecule has 1 unspecified atom stereocenters. The molecule has 1 fully saturated rings. The molecule has 0 spiro atoms. The highest BCUT2D eigenvalue weighted by Gasteiger charge is 2.50. The van der Waals surface area contributed by atoms with E-state index in [-0.39, 0.29) is 35.0 Å². The first-order valence-electron chi connectivity index (χ1n) is 5.45. The quantitative estimate of drug-likeness (QED) is 0.773. The highest BCUT2D eigenvalue weighted by molar-refractivity contribution is 5.90. The molecule has 0 aromatic heterocycles. The molecule has 1 atom stereocenters. The van der Waals surface area contributed by atoms with Crippen LogP contribution in [0.15, 0.2) is 0 Å². The third-order valence-corrected chi connectivity index (χ3v) is 3.09. The number of amides is 1. The van der Waals surface area contributed by atoms with Crippen molar-refractivity contribution < 1.29 is 9.59 Å². The summed E-state index contributed by atoms with van der Waals surface area (Å²) >= 11 is 0. The number of nitrogens with one attached hydrogen (secondary N) is 1. The summed E-state index contributed by atoms with van der Waals surface area (Å²) in [5.41, 5.74) is -0.235. The van der Waals surface area contributed by atoms with E-state index in [1.165, 1.54) is 0 Å². The summed E-state index contributed by atoms with van der Waals surface area (Å²) in [5, 5.41) is 2.72. The Morgan fingerprint density at radius 2 is 1.80 bits per heavy atom. The fraction of sp³-hybridized carbons (Fsp3) is 0.833. The van der Waals surface area contributed by atoms with Crippen LogP contribution in [-0.4, -0.2) is 18.2 Å². The molecule has 1 aliphatic rings. The van der Waals surface area contributed by atoms with Gasteiger partial charge < -0.3 is 5.32 Å². The van der Waals surface area contributed by atoms with Crippen LogP contribution in [0.1, 0.15) is 41.0 Å². The van der Waals surface area contributed by atoms with Gasteiger partial charge >= 0.3 is 0 Å². The first-order valence-corrected chi connectivity index (χ1v) is 5.45. The van der Waals surface area contributed by atoms with Crippen LogP contribution in [-0.2, 0) is 9.59 Å². The van der Waals surface area contributed by atoms with E-state index in [4.69, 9.17) is 0 Å². The van der Waals surface area contributed by atoms with Crippen molar-refractivity contribution in [3.05, 3.63) is 0 Å². The second-order valence-corrected chi connectivity index (χ2v) is 6.14. The van der Waals surface area contributed by atoms with Gasteiger partial charge in [-0.25, -0.2) is 0 Å². The van der Waals surface area contributed by atoms with Gasteiger partial charge in [0.05, 0.1) is 6.54 Å². The lowest BCUT2D eigenvalue weighted by Gasteiger charge is -2.16. The third-order valence-electron chi connectivity index (χ3n) is 3.09. The Morgan fingerprint density at radius 3 is 2.13 bits per heavy atom. The van der Waals surface area contributed by atoms with E-state index < -0.39 is 0 Å². The molecule has 0 aromatic rings. The standard InChI is InChI=1S/C12H21NO2/c1-11(2,3)9(14)7-13-10(15)8-6-12(8,4)5/h8H,6-7H2,1-5H3,(H,13,15). The average molecular weight is 211 g/mol. The van der Waals surface area contributed by atoms with E-state index in [2.05, 4.69) is 19.2 Å². The lowest BCUT2D eigenvalue weighted by Crippen LogP contribution is -2.36. The van der Waals surface area contributed by atoms with E-state index in [0.717, 1.165) is 6.42 Å². The zero-order valence-corrected chi connectivity index (χ0v) is 10.3. The summed E-state index contributed by atoms with van der Waals surface area (Å²) in [4.78, 5) is 23.1. The molecule has 0 bridgehead atoms. The molecule has 1 aliphatic carbocycles. The molecule has 15 heavy (non-hydrogen) atoms. The Balaban J connectivity index is 2.33. The minimum Gasteiger partial charge on any atom is -0.349 e. The highest BCUT2D eigenvalue weighted by atomic mass is 16.2. The van der Waals surface area contributed by atoms with Gasteiger partial charge in [-0.2, -0.15) is 0 Å². The maximum absolute atomic E-state index is 11.6. The fourth-order valence-electron chi connectivity index (χ4n) is 1.47.